The van der Waals surface area contributed by atoms with E-state index in [1.54, 1.807) is 24.3 Å². The zero-order chi connectivity index (χ0) is 10.6. The summed E-state index contributed by atoms with van der Waals surface area (Å²) in [5, 5.41) is 0. The van der Waals surface area contributed by atoms with Crippen LogP contribution in [0.1, 0.15) is 17.3 Å². The maximum absolute atomic E-state index is 11.4. The third kappa shape index (κ3) is 2.86. The van der Waals surface area contributed by atoms with E-state index < -0.39 is 0 Å². The Hall–Kier alpha value is -1.90. The molecule has 1 rings (SSSR count). The lowest BCUT2D eigenvalue weighted by Gasteiger charge is -1.95. The average Bonchev–Trinajstić information content (AvgIpc) is 2.15. The maximum atomic E-state index is 11.4. The number of benzene rings is 1. The van der Waals surface area contributed by atoms with Crippen molar-refractivity contribution in [3.05, 3.63) is 42.0 Å². The Bertz CT molecular complexity index is 377. The average molecular weight is 189 g/mol. The predicted octanol–water partition coefficient (Wildman–Crippen LogP) is 1.60. The summed E-state index contributed by atoms with van der Waals surface area (Å²) in [6.07, 6.45) is 2.51. The molecule has 0 saturated carbocycles. The van der Waals surface area contributed by atoms with E-state index in [4.69, 9.17) is 5.73 Å². The fourth-order valence-electron chi connectivity index (χ4n) is 0.937. The minimum atomic E-state index is -0.194. The number of carbonyl (C=O) groups excluding carboxylic acids is 2. The fraction of sp³-hybridized carbons (Fsp3) is 0.0909. The molecular weight excluding hydrogens is 178 g/mol. The zero-order valence-corrected chi connectivity index (χ0v) is 7.86. The second kappa shape index (κ2) is 4.37. The number of hydrogen-bond donors (Lipinski definition) is 1. The third-order valence-corrected chi connectivity index (χ3v) is 1.66. The highest BCUT2D eigenvalue weighted by Crippen LogP contribution is 2.06. The standard InChI is InChI=1S/C11H11NO2/c1-8(13)2-7-11(14)9-3-5-10(12)6-4-9/h2-7H,12H2,1H3. The normalized spacial score (nSPS) is 10.4. The molecular formula is C11H11NO2. The first-order valence-electron chi connectivity index (χ1n) is 4.18. The van der Waals surface area contributed by atoms with Crippen molar-refractivity contribution in [1.29, 1.82) is 0 Å². The smallest absolute Gasteiger partial charge is 0.185 e. The highest BCUT2D eigenvalue weighted by atomic mass is 16.1. The summed E-state index contributed by atoms with van der Waals surface area (Å²) in [5.41, 5.74) is 6.60. The Morgan fingerprint density at radius 3 is 2.21 bits per heavy atom. The Kier molecular flexibility index (Phi) is 3.18. The molecule has 3 nitrogen and oxygen atoms in total. The Morgan fingerprint density at radius 2 is 1.71 bits per heavy atom. The molecule has 0 fully saturated rings. The maximum Gasteiger partial charge on any atom is 0.185 e. The minimum absolute atomic E-state index is 0.145. The van der Waals surface area contributed by atoms with Crippen LogP contribution >= 0.6 is 0 Å². The lowest BCUT2D eigenvalue weighted by Crippen LogP contribution is -1.96. The van der Waals surface area contributed by atoms with Gasteiger partial charge in [0.1, 0.15) is 0 Å². The molecule has 0 aromatic heterocycles. The van der Waals surface area contributed by atoms with Gasteiger partial charge in [0.05, 0.1) is 0 Å². The van der Waals surface area contributed by atoms with Gasteiger partial charge < -0.3 is 5.73 Å². The van der Waals surface area contributed by atoms with Gasteiger partial charge in [0, 0.05) is 11.3 Å². The van der Waals surface area contributed by atoms with Crippen molar-refractivity contribution in [3.8, 4) is 0 Å². The van der Waals surface area contributed by atoms with Gasteiger partial charge in [0.25, 0.3) is 0 Å². The van der Waals surface area contributed by atoms with E-state index in [2.05, 4.69) is 0 Å². The number of rotatable bonds is 3. The summed E-state index contributed by atoms with van der Waals surface area (Å²) in [6, 6.07) is 6.55. The lowest BCUT2D eigenvalue weighted by molar-refractivity contribution is -0.112. The van der Waals surface area contributed by atoms with Gasteiger partial charge in [-0.3, -0.25) is 9.59 Å². The van der Waals surface area contributed by atoms with Crippen LogP contribution in [0.2, 0.25) is 0 Å². The van der Waals surface area contributed by atoms with Crippen molar-refractivity contribution in [1.82, 2.24) is 0 Å². The molecule has 0 aliphatic carbocycles. The van der Waals surface area contributed by atoms with Crippen LogP contribution in [0.4, 0.5) is 5.69 Å². The second-order valence-corrected chi connectivity index (χ2v) is 2.93. The molecule has 0 saturated heterocycles. The van der Waals surface area contributed by atoms with Crippen molar-refractivity contribution >= 4 is 17.3 Å². The third-order valence-electron chi connectivity index (χ3n) is 1.66. The van der Waals surface area contributed by atoms with Crippen molar-refractivity contribution in [2.75, 3.05) is 5.73 Å². The van der Waals surface area contributed by atoms with Gasteiger partial charge in [-0.15, -0.1) is 0 Å². The van der Waals surface area contributed by atoms with E-state index in [1.807, 2.05) is 0 Å². The predicted molar refractivity (Wildman–Crippen MR) is 55.0 cm³/mol. The first-order chi connectivity index (χ1) is 6.59. The van der Waals surface area contributed by atoms with E-state index in [0.717, 1.165) is 0 Å². The van der Waals surface area contributed by atoms with Crippen LogP contribution in [0, 0.1) is 0 Å². The Balaban J connectivity index is 2.80. The van der Waals surface area contributed by atoms with Crippen LogP contribution in [-0.4, -0.2) is 11.6 Å². The lowest BCUT2D eigenvalue weighted by atomic mass is 10.1. The van der Waals surface area contributed by atoms with E-state index in [1.165, 1.54) is 19.1 Å². The summed E-state index contributed by atoms with van der Waals surface area (Å²) in [6.45, 7) is 1.40. The zero-order valence-electron chi connectivity index (χ0n) is 7.86. The molecule has 0 aliphatic heterocycles. The van der Waals surface area contributed by atoms with Gasteiger partial charge in [0.2, 0.25) is 0 Å². The van der Waals surface area contributed by atoms with E-state index in [-0.39, 0.29) is 11.6 Å². The van der Waals surface area contributed by atoms with Crippen molar-refractivity contribution < 1.29 is 9.59 Å². The SMILES string of the molecule is CC(=O)C=CC(=O)c1ccc(N)cc1. The van der Waals surface area contributed by atoms with Gasteiger partial charge in [-0.05, 0) is 43.3 Å². The molecule has 0 spiro atoms. The molecule has 0 heterocycles. The van der Waals surface area contributed by atoms with E-state index >= 15 is 0 Å². The summed E-state index contributed by atoms with van der Waals surface area (Å²) in [4.78, 5) is 22.0. The molecule has 0 amide bonds. The van der Waals surface area contributed by atoms with Gasteiger partial charge in [-0.25, -0.2) is 0 Å². The van der Waals surface area contributed by atoms with Crippen LogP contribution in [-0.2, 0) is 4.79 Å². The summed E-state index contributed by atoms with van der Waals surface area (Å²) in [7, 11) is 0. The van der Waals surface area contributed by atoms with Crippen LogP contribution in [0.15, 0.2) is 36.4 Å². The van der Waals surface area contributed by atoms with Gasteiger partial charge in [0.15, 0.2) is 11.6 Å². The van der Waals surface area contributed by atoms with Crippen LogP contribution in [0.3, 0.4) is 0 Å². The quantitative estimate of drug-likeness (QED) is 0.446. The highest BCUT2D eigenvalue weighted by molar-refractivity contribution is 6.07. The minimum Gasteiger partial charge on any atom is -0.399 e. The number of carbonyl (C=O) groups is 2. The largest absolute Gasteiger partial charge is 0.399 e. The topological polar surface area (TPSA) is 60.2 Å². The molecule has 0 radical (unpaired) electrons. The number of nitrogen functional groups attached to an aromatic ring is 1. The second-order valence-electron chi connectivity index (χ2n) is 2.93. The molecule has 0 atom stereocenters. The number of nitrogens with two attached hydrogens (primary N) is 1. The number of ketones is 2. The molecule has 14 heavy (non-hydrogen) atoms. The van der Waals surface area contributed by atoms with Gasteiger partial charge in [-0.1, -0.05) is 0 Å². The van der Waals surface area contributed by atoms with Crippen molar-refractivity contribution in [2.45, 2.75) is 6.92 Å². The number of anilines is 1. The molecule has 0 bridgehead atoms. The first-order valence-corrected chi connectivity index (χ1v) is 4.18. The summed E-state index contributed by atoms with van der Waals surface area (Å²) >= 11 is 0. The van der Waals surface area contributed by atoms with Crippen LogP contribution < -0.4 is 5.73 Å². The van der Waals surface area contributed by atoms with E-state index in [9.17, 15) is 9.59 Å². The molecule has 72 valence electrons. The van der Waals surface area contributed by atoms with Gasteiger partial charge >= 0.3 is 0 Å². The molecule has 1 aromatic carbocycles. The highest BCUT2D eigenvalue weighted by Gasteiger charge is 2.00. The molecule has 0 aliphatic rings. The molecule has 3 heteroatoms. The fourth-order valence-corrected chi connectivity index (χ4v) is 0.937. The van der Waals surface area contributed by atoms with E-state index in [0.29, 0.717) is 11.3 Å². The Morgan fingerprint density at radius 1 is 1.14 bits per heavy atom. The van der Waals surface area contributed by atoms with Crippen molar-refractivity contribution in [2.24, 2.45) is 0 Å². The van der Waals surface area contributed by atoms with Crippen LogP contribution in [0.25, 0.3) is 0 Å². The first kappa shape index (κ1) is 10.2. The van der Waals surface area contributed by atoms with Gasteiger partial charge in [-0.2, -0.15) is 0 Å². The Labute approximate surface area is 82.2 Å². The molecule has 0 unspecified atom stereocenters. The summed E-state index contributed by atoms with van der Waals surface area (Å²) < 4.78 is 0. The van der Waals surface area contributed by atoms with Crippen molar-refractivity contribution in [3.63, 3.8) is 0 Å². The van der Waals surface area contributed by atoms with Crippen LogP contribution in [0.5, 0.6) is 0 Å². The monoisotopic (exact) mass is 189 g/mol. The molecule has 1 aromatic rings. The number of hydrogen-bond acceptors (Lipinski definition) is 3. The summed E-state index contributed by atoms with van der Waals surface area (Å²) in [5.74, 6) is -0.339. The number of allylic oxidation sites excluding steroid dienone is 2. The molecule has 2 N–H and O–H groups in total.